The molecule has 0 radical (unpaired) electrons. The predicted molar refractivity (Wildman–Crippen MR) is 218 cm³/mol. The Balaban J connectivity index is -0.000000296. The van der Waals surface area contributed by atoms with Gasteiger partial charge in [-0.15, -0.1) is 0 Å². The fourth-order valence-corrected chi connectivity index (χ4v) is 7.12. The molecule has 50 heavy (non-hydrogen) atoms. The molecular weight excluding hydrogens is 641 g/mol. The van der Waals surface area contributed by atoms with E-state index in [9.17, 15) is 0 Å². The van der Waals surface area contributed by atoms with Gasteiger partial charge in [-0.25, -0.2) is 0 Å². The minimum absolute atomic E-state index is 1.31. The zero-order valence-electron chi connectivity index (χ0n) is 36.6. The second-order valence-electron chi connectivity index (χ2n) is 14.8. The van der Waals surface area contributed by atoms with Gasteiger partial charge in [-0.3, -0.25) is 0 Å². The topological polar surface area (TPSA) is 86.2 Å². The smallest absolute Gasteiger partial charge is 0.0786 e. The van der Waals surface area contributed by atoms with E-state index in [1.165, 1.54) is 208 Å². The summed E-state index contributed by atoms with van der Waals surface area (Å²) in [5.74, 6) is 0. The highest BCUT2D eigenvalue weighted by atomic mass is 31.2. The standard InChI is InChI=1S/3C14H32N.H3O4P/c3*1-5-9-10-11-12-13-14-15(6-2,7-3)8-4;1-5(2,3)4/h3*5-14H2,1-4H3;(H3,1,2,3,4)/q3*+1;/p-3. The van der Waals surface area contributed by atoms with Crippen LogP contribution in [0.15, 0.2) is 0 Å². The Morgan fingerprint density at radius 3 is 0.580 bits per heavy atom. The molecule has 0 amide bonds. The number of nitrogens with zero attached hydrogens (tertiary/aromatic N) is 3. The molecule has 0 aromatic heterocycles. The lowest BCUT2D eigenvalue weighted by Crippen LogP contribution is -2.48. The molecule has 8 heteroatoms. The van der Waals surface area contributed by atoms with Crippen LogP contribution in [0.3, 0.4) is 0 Å². The molecule has 0 aliphatic heterocycles. The third-order valence-electron chi connectivity index (χ3n) is 12.0. The van der Waals surface area contributed by atoms with E-state index >= 15 is 0 Å². The van der Waals surface area contributed by atoms with Gasteiger partial charge in [0, 0.05) is 0 Å². The Bertz CT molecular complexity index is 583. The average molecular weight is 738 g/mol. The highest BCUT2D eigenvalue weighted by Crippen LogP contribution is 2.14. The van der Waals surface area contributed by atoms with Crippen molar-refractivity contribution in [3.8, 4) is 0 Å². The van der Waals surface area contributed by atoms with Crippen molar-refractivity contribution in [2.45, 2.75) is 199 Å². The first kappa shape index (κ1) is 56.7. The summed E-state index contributed by atoms with van der Waals surface area (Å²) in [5.41, 5.74) is 0. The molecule has 0 aliphatic rings. The van der Waals surface area contributed by atoms with Gasteiger partial charge in [0.1, 0.15) is 0 Å². The van der Waals surface area contributed by atoms with Crippen LogP contribution in [0, 0.1) is 0 Å². The summed E-state index contributed by atoms with van der Waals surface area (Å²) in [6, 6.07) is 0. The van der Waals surface area contributed by atoms with E-state index in [4.69, 9.17) is 19.2 Å². The van der Waals surface area contributed by atoms with Gasteiger partial charge in [0.05, 0.1) is 78.5 Å². The molecule has 308 valence electrons. The number of rotatable bonds is 30. The zero-order valence-corrected chi connectivity index (χ0v) is 37.5. The highest BCUT2D eigenvalue weighted by molar-refractivity contribution is 7.40. The first-order valence-electron chi connectivity index (χ1n) is 22.0. The van der Waals surface area contributed by atoms with Crippen LogP contribution < -0.4 is 14.7 Å². The van der Waals surface area contributed by atoms with Crippen LogP contribution in [0.4, 0.5) is 0 Å². The second-order valence-corrected chi connectivity index (χ2v) is 15.7. The van der Waals surface area contributed by atoms with E-state index in [1.54, 1.807) is 0 Å². The lowest BCUT2D eigenvalue weighted by molar-refractivity contribution is -0.923. The number of hydrogen-bond donors (Lipinski definition) is 0. The Morgan fingerprint density at radius 1 is 0.300 bits per heavy atom. The van der Waals surface area contributed by atoms with Gasteiger partial charge in [0.2, 0.25) is 0 Å². The van der Waals surface area contributed by atoms with Crippen LogP contribution in [0.1, 0.15) is 199 Å². The number of hydrogen-bond acceptors (Lipinski definition) is 4. The summed E-state index contributed by atoms with van der Waals surface area (Å²) in [6.45, 7) is 43.9. The first-order chi connectivity index (χ1) is 23.7. The Kier molecular flexibility index (Phi) is 43.9. The molecule has 0 heterocycles. The molecule has 0 atom stereocenters. The molecule has 0 bridgehead atoms. The molecule has 0 rings (SSSR count). The molecule has 7 nitrogen and oxygen atoms in total. The van der Waals surface area contributed by atoms with E-state index in [2.05, 4.69) is 83.1 Å². The van der Waals surface area contributed by atoms with Gasteiger partial charge in [0.15, 0.2) is 0 Å². The van der Waals surface area contributed by atoms with Crippen molar-refractivity contribution < 1.29 is 32.7 Å². The molecule has 0 aromatic carbocycles. The summed E-state index contributed by atoms with van der Waals surface area (Å²) < 4.78 is 12.5. The van der Waals surface area contributed by atoms with Gasteiger partial charge >= 0.3 is 0 Å². The lowest BCUT2D eigenvalue weighted by Gasteiger charge is -2.36. The van der Waals surface area contributed by atoms with E-state index in [1.807, 2.05) is 0 Å². The fraction of sp³-hybridized carbons (Fsp3) is 1.00. The van der Waals surface area contributed by atoms with Crippen LogP contribution in [-0.2, 0) is 4.57 Å². The van der Waals surface area contributed by atoms with Crippen LogP contribution in [0.25, 0.3) is 0 Å². The third kappa shape index (κ3) is 36.4. The van der Waals surface area contributed by atoms with Crippen LogP contribution >= 0.6 is 7.82 Å². The average Bonchev–Trinajstić information content (AvgIpc) is 3.12. The van der Waals surface area contributed by atoms with E-state index in [-0.39, 0.29) is 0 Å². The van der Waals surface area contributed by atoms with E-state index in [0.29, 0.717) is 0 Å². The number of quaternary nitrogens is 3. The molecule has 0 unspecified atom stereocenters. The van der Waals surface area contributed by atoms with Crippen molar-refractivity contribution in [2.75, 3.05) is 78.5 Å². The van der Waals surface area contributed by atoms with Crippen LogP contribution in [-0.4, -0.2) is 92.0 Å². The fourth-order valence-electron chi connectivity index (χ4n) is 7.12. The summed E-state index contributed by atoms with van der Waals surface area (Å²) in [5, 5.41) is 0. The normalized spacial score (nSPS) is 12.0. The zero-order chi connectivity index (χ0) is 39.2. The van der Waals surface area contributed by atoms with Gasteiger partial charge in [-0.1, -0.05) is 97.8 Å². The maximum Gasteiger partial charge on any atom is 0.0786 e. The molecule has 0 fully saturated rings. The quantitative estimate of drug-likeness (QED) is 0.0417. The highest BCUT2D eigenvalue weighted by Gasteiger charge is 2.21. The largest absolute Gasteiger partial charge is 0.822 e. The van der Waals surface area contributed by atoms with Crippen molar-refractivity contribution in [3.05, 3.63) is 0 Å². The first-order valence-corrected chi connectivity index (χ1v) is 23.5. The maximum absolute atomic E-state index is 8.55. The molecule has 0 aromatic rings. The monoisotopic (exact) mass is 738 g/mol. The molecule has 0 saturated carbocycles. The Morgan fingerprint density at radius 2 is 0.440 bits per heavy atom. The number of unbranched alkanes of at least 4 members (excludes halogenated alkanes) is 15. The molecule has 0 saturated heterocycles. The van der Waals surface area contributed by atoms with Gasteiger partial charge in [-0.05, 0) is 101 Å². The van der Waals surface area contributed by atoms with Crippen LogP contribution in [0.2, 0.25) is 0 Å². The summed E-state index contributed by atoms with van der Waals surface area (Å²) in [6.07, 6.45) is 25.7. The van der Waals surface area contributed by atoms with E-state index in [0.717, 1.165) is 0 Å². The van der Waals surface area contributed by atoms with Gasteiger partial charge < -0.3 is 32.7 Å². The van der Waals surface area contributed by atoms with Crippen molar-refractivity contribution in [1.82, 2.24) is 0 Å². The number of phosphoric acid groups is 1. The minimum atomic E-state index is -5.39. The van der Waals surface area contributed by atoms with Gasteiger partial charge in [-0.2, -0.15) is 7.82 Å². The molecule has 0 aliphatic carbocycles. The third-order valence-corrected chi connectivity index (χ3v) is 12.0. The van der Waals surface area contributed by atoms with Crippen molar-refractivity contribution >= 4 is 7.82 Å². The van der Waals surface area contributed by atoms with Crippen molar-refractivity contribution in [1.29, 1.82) is 0 Å². The predicted octanol–water partition coefficient (Wildman–Crippen LogP) is 9.85. The summed E-state index contributed by atoms with van der Waals surface area (Å²) in [4.78, 5) is 25.6. The SMILES string of the molecule is CCCCCCCC[N+](CC)(CC)CC.CCCCCCCC[N+](CC)(CC)CC.CCCCCCCC[N+](CC)(CC)CC.O=P([O-])([O-])[O-]. The minimum Gasteiger partial charge on any atom is -0.822 e. The maximum atomic E-state index is 8.55. The Labute approximate surface area is 317 Å². The van der Waals surface area contributed by atoms with Crippen LogP contribution in [0.5, 0.6) is 0 Å². The van der Waals surface area contributed by atoms with Crippen molar-refractivity contribution in [2.24, 2.45) is 0 Å². The van der Waals surface area contributed by atoms with Crippen molar-refractivity contribution in [3.63, 3.8) is 0 Å². The summed E-state index contributed by atoms with van der Waals surface area (Å²) in [7, 11) is -5.39. The molecular formula is C42H96N3O4P. The van der Waals surface area contributed by atoms with Gasteiger partial charge in [0.25, 0.3) is 0 Å². The lowest BCUT2D eigenvalue weighted by atomic mass is 10.1. The summed E-state index contributed by atoms with van der Waals surface area (Å²) >= 11 is 0. The second kappa shape index (κ2) is 38.7. The molecule has 0 spiro atoms. The Hall–Kier alpha value is -0.0100. The van der Waals surface area contributed by atoms with E-state index < -0.39 is 7.82 Å². The molecule has 0 N–H and O–H groups in total.